The maximum atomic E-state index is 9.37. The van der Waals surface area contributed by atoms with Crippen LogP contribution in [0.1, 0.15) is 18.1 Å². The van der Waals surface area contributed by atoms with Gasteiger partial charge >= 0.3 is 0 Å². The van der Waals surface area contributed by atoms with Gasteiger partial charge in [0.15, 0.2) is 5.96 Å². The Kier molecular flexibility index (Phi) is 4.60. The van der Waals surface area contributed by atoms with Crippen LogP contribution in [-0.4, -0.2) is 11.1 Å². The Labute approximate surface area is 119 Å². The molecule has 4 nitrogen and oxygen atoms in total. The molecule has 0 amide bonds. The van der Waals surface area contributed by atoms with Gasteiger partial charge in [0.2, 0.25) is 0 Å². The molecule has 2 aromatic rings. The number of nitrogens with two attached hydrogens (primary N) is 1. The molecule has 0 saturated carbocycles. The van der Waals surface area contributed by atoms with E-state index in [0.717, 1.165) is 17.7 Å². The summed E-state index contributed by atoms with van der Waals surface area (Å²) in [5.41, 5.74) is 8.95. The normalized spacial score (nSPS) is 11.3. The lowest BCUT2D eigenvalue weighted by Gasteiger charge is -2.06. The zero-order valence-electron chi connectivity index (χ0n) is 11.5. The Bertz CT molecular complexity index is 591. The highest BCUT2D eigenvalue weighted by Crippen LogP contribution is 2.12. The molecular formula is C16H19N3O. The van der Waals surface area contributed by atoms with Crippen molar-refractivity contribution in [3.05, 3.63) is 59.7 Å². The summed E-state index contributed by atoms with van der Waals surface area (Å²) < 4.78 is 0. The number of anilines is 1. The highest BCUT2D eigenvalue weighted by Gasteiger charge is 1.97. The zero-order chi connectivity index (χ0) is 14.4. The fourth-order valence-electron chi connectivity index (χ4n) is 1.84. The molecule has 0 aliphatic rings. The van der Waals surface area contributed by atoms with Gasteiger partial charge in [-0.2, -0.15) is 0 Å². The number of rotatable bonds is 4. The van der Waals surface area contributed by atoms with Crippen LogP contribution in [0.2, 0.25) is 0 Å². The van der Waals surface area contributed by atoms with Crippen LogP contribution in [0.25, 0.3) is 0 Å². The van der Waals surface area contributed by atoms with Crippen molar-refractivity contribution in [3.8, 4) is 5.75 Å². The fraction of sp³-hybridized carbons (Fsp3) is 0.188. The summed E-state index contributed by atoms with van der Waals surface area (Å²) in [5.74, 6) is 0.594. The van der Waals surface area contributed by atoms with E-state index in [2.05, 4.69) is 29.4 Å². The highest BCUT2D eigenvalue weighted by molar-refractivity contribution is 5.92. The maximum absolute atomic E-state index is 9.37. The molecule has 0 heterocycles. The minimum Gasteiger partial charge on any atom is -0.508 e. The minimum absolute atomic E-state index is 0.236. The van der Waals surface area contributed by atoms with Crippen molar-refractivity contribution in [1.82, 2.24) is 0 Å². The van der Waals surface area contributed by atoms with Gasteiger partial charge in [0.1, 0.15) is 5.75 Å². The third-order valence-electron chi connectivity index (χ3n) is 2.98. The van der Waals surface area contributed by atoms with E-state index >= 15 is 0 Å². The molecule has 20 heavy (non-hydrogen) atoms. The van der Waals surface area contributed by atoms with Gasteiger partial charge in [-0.1, -0.05) is 31.2 Å². The summed E-state index contributed by atoms with van der Waals surface area (Å²) in [6, 6.07) is 15.1. The number of phenolic OH excluding ortho intramolecular Hbond substituents is 1. The Hall–Kier alpha value is -2.49. The van der Waals surface area contributed by atoms with Crippen LogP contribution in [0.4, 0.5) is 5.69 Å². The van der Waals surface area contributed by atoms with Crippen LogP contribution in [0.5, 0.6) is 5.75 Å². The van der Waals surface area contributed by atoms with Gasteiger partial charge in [-0.3, -0.25) is 0 Å². The van der Waals surface area contributed by atoms with Gasteiger partial charge < -0.3 is 16.2 Å². The first-order valence-corrected chi connectivity index (χ1v) is 6.61. The van der Waals surface area contributed by atoms with Crippen LogP contribution < -0.4 is 11.1 Å². The van der Waals surface area contributed by atoms with E-state index in [4.69, 9.17) is 5.73 Å². The smallest absolute Gasteiger partial charge is 0.193 e. The monoisotopic (exact) mass is 269 g/mol. The number of nitrogens with one attached hydrogen (secondary N) is 1. The molecule has 4 heteroatoms. The summed E-state index contributed by atoms with van der Waals surface area (Å²) in [6.07, 6.45) is 1.02. The molecular weight excluding hydrogens is 250 g/mol. The number of hydrogen-bond donors (Lipinski definition) is 3. The number of guanidine groups is 1. The highest BCUT2D eigenvalue weighted by atomic mass is 16.3. The van der Waals surface area contributed by atoms with E-state index < -0.39 is 0 Å². The summed E-state index contributed by atoms with van der Waals surface area (Å²) >= 11 is 0. The quantitative estimate of drug-likeness (QED) is 0.590. The topological polar surface area (TPSA) is 70.6 Å². The molecule has 0 spiro atoms. The first kappa shape index (κ1) is 13.9. The molecule has 2 rings (SSSR count). The van der Waals surface area contributed by atoms with Crippen molar-refractivity contribution in [1.29, 1.82) is 0 Å². The van der Waals surface area contributed by atoms with Gasteiger partial charge in [0, 0.05) is 5.69 Å². The van der Waals surface area contributed by atoms with Crippen LogP contribution >= 0.6 is 0 Å². The van der Waals surface area contributed by atoms with Gasteiger partial charge in [0.25, 0.3) is 0 Å². The molecule has 0 bridgehead atoms. The fourth-order valence-corrected chi connectivity index (χ4v) is 1.84. The summed E-state index contributed by atoms with van der Waals surface area (Å²) in [6.45, 7) is 2.55. The number of benzene rings is 2. The summed E-state index contributed by atoms with van der Waals surface area (Å²) in [5, 5.41) is 12.4. The molecule has 0 aromatic heterocycles. The van der Waals surface area contributed by atoms with Crippen molar-refractivity contribution < 1.29 is 5.11 Å². The molecule has 4 N–H and O–H groups in total. The molecule has 2 aromatic carbocycles. The van der Waals surface area contributed by atoms with Crippen LogP contribution in [-0.2, 0) is 13.0 Å². The van der Waals surface area contributed by atoms with Crippen LogP contribution in [0.3, 0.4) is 0 Å². The van der Waals surface area contributed by atoms with Crippen LogP contribution in [0, 0.1) is 0 Å². The van der Waals surface area contributed by atoms with Crippen LogP contribution in [0.15, 0.2) is 53.5 Å². The maximum Gasteiger partial charge on any atom is 0.193 e. The standard InChI is InChI=1S/C16H19N3O/c1-2-12-6-8-14(9-7-12)19-16(17)18-11-13-4-3-5-15(20)10-13/h3-10,20H,2,11H2,1H3,(H3,17,18,19). The molecule has 0 radical (unpaired) electrons. The van der Waals surface area contributed by atoms with E-state index in [9.17, 15) is 5.11 Å². The average molecular weight is 269 g/mol. The van der Waals surface area contributed by atoms with Crippen molar-refractivity contribution in [2.45, 2.75) is 19.9 Å². The average Bonchev–Trinajstić information content (AvgIpc) is 2.46. The van der Waals surface area contributed by atoms with Gasteiger partial charge in [-0.25, -0.2) is 4.99 Å². The molecule has 0 fully saturated rings. The first-order valence-electron chi connectivity index (χ1n) is 6.61. The lowest BCUT2D eigenvalue weighted by Crippen LogP contribution is -2.22. The van der Waals surface area contributed by atoms with Gasteiger partial charge in [-0.05, 0) is 41.8 Å². The number of hydrogen-bond acceptors (Lipinski definition) is 2. The van der Waals surface area contributed by atoms with Gasteiger partial charge in [0.05, 0.1) is 6.54 Å². The van der Waals surface area contributed by atoms with E-state index in [1.807, 2.05) is 18.2 Å². The second-order valence-corrected chi connectivity index (χ2v) is 4.55. The Morgan fingerprint density at radius 3 is 2.55 bits per heavy atom. The van der Waals surface area contributed by atoms with Crippen molar-refractivity contribution in [3.63, 3.8) is 0 Å². The number of aryl methyl sites for hydroxylation is 1. The van der Waals surface area contributed by atoms with Crippen molar-refractivity contribution >= 4 is 11.6 Å². The molecule has 104 valence electrons. The Morgan fingerprint density at radius 2 is 1.90 bits per heavy atom. The largest absolute Gasteiger partial charge is 0.508 e. The SMILES string of the molecule is CCc1ccc(NC(N)=NCc2cccc(O)c2)cc1. The predicted molar refractivity (Wildman–Crippen MR) is 82.9 cm³/mol. The van der Waals surface area contributed by atoms with Gasteiger partial charge in [-0.15, -0.1) is 0 Å². The molecule has 0 aliphatic carbocycles. The second-order valence-electron chi connectivity index (χ2n) is 4.55. The third-order valence-corrected chi connectivity index (χ3v) is 2.98. The first-order chi connectivity index (χ1) is 9.67. The number of phenols is 1. The summed E-state index contributed by atoms with van der Waals surface area (Å²) in [7, 11) is 0. The third kappa shape index (κ3) is 4.02. The number of aromatic hydroxyl groups is 1. The predicted octanol–water partition coefficient (Wildman–Crippen LogP) is 2.88. The van der Waals surface area contributed by atoms with E-state index in [1.165, 1.54) is 5.56 Å². The summed E-state index contributed by atoms with van der Waals surface area (Å²) in [4.78, 5) is 4.25. The van der Waals surface area contributed by atoms with E-state index in [1.54, 1.807) is 18.2 Å². The Morgan fingerprint density at radius 1 is 1.15 bits per heavy atom. The lowest BCUT2D eigenvalue weighted by molar-refractivity contribution is 0.474. The number of nitrogens with zero attached hydrogens (tertiary/aromatic N) is 1. The lowest BCUT2D eigenvalue weighted by atomic mass is 10.1. The molecule has 0 saturated heterocycles. The molecule has 0 aliphatic heterocycles. The van der Waals surface area contributed by atoms with Crippen molar-refractivity contribution in [2.24, 2.45) is 10.7 Å². The van der Waals surface area contributed by atoms with Crippen molar-refractivity contribution in [2.75, 3.05) is 5.32 Å². The minimum atomic E-state index is 0.236. The molecule has 0 unspecified atom stereocenters. The molecule has 0 atom stereocenters. The van der Waals surface area contributed by atoms with E-state index in [0.29, 0.717) is 12.5 Å². The van der Waals surface area contributed by atoms with E-state index in [-0.39, 0.29) is 5.75 Å². The number of aliphatic imine (C=N–C) groups is 1. The Balaban J connectivity index is 1.96. The zero-order valence-corrected chi connectivity index (χ0v) is 11.5. The second kappa shape index (κ2) is 6.61.